The van der Waals surface area contributed by atoms with Crippen LogP contribution in [0.1, 0.15) is 33.6 Å². The first kappa shape index (κ1) is 15.5. The van der Waals surface area contributed by atoms with Gasteiger partial charge in [0.15, 0.2) is 0 Å². The first-order valence-corrected chi connectivity index (χ1v) is 5.75. The summed E-state index contributed by atoms with van der Waals surface area (Å²) >= 11 is 10.6. The van der Waals surface area contributed by atoms with E-state index in [1.165, 1.54) is 0 Å². The highest BCUT2D eigenvalue weighted by Gasteiger charge is 2.44. The summed E-state index contributed by atoms with van der Waals surface area (Å²) in [5.74, 6) is -2.28. The maximum atomic E-state index is 11.3. The molecule has 0 aliphatic carbocycles. The van der Waals surface area contributed by atoms with Crippen molar-refractivity contribution in [2.24, 2.45) is 5.92 Å². The van der Waals surface area contributed by atoms with Gasteiger partial charge in [0, 0.05) is 0 Å². The molecule has 0 aromatic carbocycles. The fourth-order valence-electron chi connectivity index (χ4n) is 0.971. The largest absolute Gasteiger partial charge is 0.479 e. The van der Waals surface area contributed by atoms with Crippen molar-refractivity contribution in [1.82, 2.24) is 0 Å². The van der Waals surface area contributed by atoms with Gasteiger partial charge in [-0.25, -0.2) is 9.59 Å². The normalized spacial score (nSPS) is 13.6. The first-order valence-electron chi connectivity index (χ1n) is 5.00. The number of carboxylic acids is 1. The van der Waals surface area contributed by atoms with Crippen molar-refractivity contribution in [3.05, 3.63) is 0 Å². The van der Waals surface area contributed by atoms with Crippen LogP contribution in [0.25, 0.3) is 0 Å². The number of ether oxygens (including phenoxy) is 1. The maximum absolute atomic E-state index is 11.3. The third-order valence-corrected chi connectivity index (χ3v) is 2.62. The Morgan fingerprint density at radius 3 is 2.12 bits per heavy atom. The first-order chi connectivity index (χ1) is 7.17. The van der Waals surface area contributed by atoms with Crippen molar-refractivity contribution in [1.29, 1.82) is 0 Å². The van der Waals surface area contributed by atoms with Gasteiger partial charge in [-0.15, -0.1) is 0 Å². The minimum absolute atomic E-state index is 0.397. The molecule has 94 valence electrons. The molecule has 6 heteroatoms. The average molecular weight is 271 g/mol. The van der Waals surface area contributed by atoms with E-state index in [0.29, 0.717) is 12.3 Å². The lowest BCUT2D eigenvalue weighted by atomic mass is 10.1. The smallest absolute Gasteiger partial charge is 0.354 e. The zero-order valence-electron chi connectivity index (χ0n) is 9.50. The third-order valence-electron chi connectivity index (χ3n) is 1.98. The monoisotopic (exact) mass is 270 g/mol. The standard InChI is InChI=1S/C10H16Cl2O4/c1-6(2)4-5-7(3)16-9(15)10(11,12)8(13)14/h6-7H,4-5H2,1-3H3,(H,13,14). The quantitative estimate of drug-likeness (QED) is 0.458. The van der Waals surface area contributed by atoms with E-state index in [2.05, 4.69) is 0 Å². The molecule has 0 aromatic rings. The molecular formula is C10H16Cl2O4. The second-order valence-electron chi connectivity index (χ2n) is 4.07. The van der Waals surface area contributed by atoms with Gasteiger partial charge in [0.2, 0.25) is 0 Å². The molecule has 0 aliphatic rings. The molecule has 4 nitrogen and oxygen atoms in total. The zero-order valence-corrected chi connectivity index (χ0v) is 11.0. The molecule has 0 saturated heterocycles. The van der Waals surface area contributed by atoms with Gasteiger partial charge in [-0.1, -0.05) is 37.0 Å². The second-order valence-corrected chi connectivity index (χ2v) is 5.39. The summed E-state index contributed by atoms with van der Waals surface area (Å²) in [4.78, 5) is 21.8. The summed E-state index contributed by atoms with van der Waals surface area (Å²) in [6, 6.07) is 0. The minimum Gasteiger partial charge on any atom is -0.479 e. The second kappa shape index (κ2) is 6.30. The molecule has 0 amide bonds. The Morgan fingerprint density at radius 1 is 1.25 bits per heavy atom. The van der Waals surface area contributed by atoms with Crippen LogP contribution < -0.4 is 0 Å². The predicted molar refractivity (Wildman–Crippen MR) is 61.7 cm³/mol. The van der Waals surface area contributed by atoms with Crippen LogP contribution in [0.4, 0.5) is 0 Å². The van der Waals surface area contributed by atoms with Crippen LogP contribution in [-0.2, 0) is 14.3 Å². The van der Waals surface area contributed by atoms with Gasteiger partial charge in [-0.3, -0.25) is 0 Å². The van der Waals surface area contributed by atoms with Crippen molar-refractivity contribution in [3.8, 4) is 0 Å². The van der Waals surface area contributed by atoms with Crippen molar-refractivity contribution in [2.45, 2.75) is 44.1 Å². The minimum atomic E-state index is -2.52. The van der Waals surface area contributed by atoms with E-state index in [9.17, 15) is 9.59 Å². The van der Waals surface area contributed by atoms with E-state index < -0.39 is 22.4 Å². The topological polar surface area (TPSA) is 63.6 Å². The highest BCUT2D eigenvalue weighted by Crippen LogP contribution is 2.24. The lowest BCUT2D eigenvalue weighted by Gasteiger charge is -2.18. The van der Waals surface area contributed by atoms with Crippen molar-refractivity contribution in [3.63, 3.8) is 0 Å². The number of carbonyl (C=O) groups excluding carboxylic acids is 1. The van der Waals surface area contributed by atoms with Gasteiger partial charge in [0.05, 0.1) is 6.10 Å². The average Bonchev–Trinajstić information content (AvgIpc) is 2.14. The number of hydrogen-bond acceptors (Lipinski definition) is 3. The molecule has 1 unspecified atom stereocenters. The summed E-state index contributed by atoms with van der Waals surface area (Å²) in [6.07, 6.45) is 1.12. The fourth-order valence-corrected chi connectivity index (χ4v) is 1.06. The lowest BCUT2D eigenvalue weighted by molar-refractivity contribution is -0.156. The van der Waals surface area contributed by atoms with E-state index in [1.54, 1.807) is 6.92 Å². The Bertz CT molecular complexity index is 264. The number of carbonyl (C=O) groups is 2. The van der Waals surface area contributed by atoms with Gasteiger partial charge >= 0.3 is 16.3 Å². The molecule has 0 aromatic heterocycles. The number of alkyl halides is 2. The number of hydrogen-bond donors (Lipinski definition) is 1. The maximum Gasteiger partial charge on any atom is 0.354 e. The van der Waals surface area contributed by atoms with Gasteiger partial charge in [-0.2, -0.15) is 0 Å². The number of aliphatic carboxylic acids is 1. The summed E-state index contributed by atoms with van der Waals surface area (Å²) < 4.78 is 2.32. The molecule has 0 radical (unpaired) electrons. The molecule has 0 heterocycles. The van der Waals surface area contributed by atoms with Crippen LogP contribution in [0.3, 0.4) is 0 Å². The third kappa shape index (κ3) is 5.03. The SMILES string of the molecule is CC(C)CCC(C)OC(=O)C(Cl)(Cl)C(=O)O. The molecule has 1 N–H and O–H groups in total. The number of rotatable bonds is 6. The highest BCUT2D eigenvalue weighted by molar-refractivity contribution is 6.66. The Labute approximate surface area is 105 Å². The fraction of sp³-hybridized carbons (Fsp3) is 0.800. The van der Waals surface area contributed by atoms with Gasteiger partial charge < -0.3 is 9.84 Å². The Morgan fingerprint density at radius 2 is 1.75 bits per heavy atom. The zero-order chi connectivity index (χ0) is 12.9. The van der Waals surface area contributed by atoms with E-state index in [1.807, 2.05) is 13.8 Å². The molecule has 0 rings (SSSR count). The molecule has 0 aliphatic heterocycles. The van der Waals surface area contributed by atoms with Gasteiger partial charge in [0.1, 0.15) is 0 Å². The van der Waals surface area contributed by atoms with Crippen LogP contribution in [0, 0.1) is 5.92 Å². The summed E-state index contributed by atoms with van der Waals surface area (Å²) in [5, 5.41) is 8.58. The predicted octanol–water partition coefficient (Wildman–Crippen LogP) is 2.61. The number of carboxylic acid groups (broad SMARTS) is 1. The Kier molecular flexibility index (Phi) is 6.11. The van der Waals surface area contributed by atoms with Crippen LogP contribution in [0.5, 0.6) is 0 Å². The molecule has 0 saturated carbocycles. The van der Waals surface area contributed by atoms with Crippen molar-refractivity contribution in [2.75, 3.05) is 0 Å². The molecule has 0 fully saturated rings. The number of esters is 1. The molecule has 0 bridgehead atoms. The molecule has 0 spiro atoms. The molecular weight excluding hydrogens is 255 g/mol. The van der Waals surface area contributed by atoms with Crippen molar-refractivity contribution >= 4 is 35.1 Å². The van der Waals surface area contributed by atoms with E-state index in [0.717, 1.165) is 6.42 Å². The molecule has 1 atom stereocenters. The van der Waals surface area contributed by atoms with Crippen LogP contribution >= 0.6 is 23.2 Å². The summed E-state index contributed by atoms with van der Waals surface area (Å²) in [5.41, 5.74) is 0. The van der Waals surface area contributed by atoms with E-state index in [-0.39, 0.29) is 0 Å². The van der Waals surface area contributed by atoms with Crippen molar-refractivity contribution < 1.29 is 19.4 Å². The van der Waals surface area contributed by atoms with Gasteiger partial charge in [-0.05, 0) is 25.7 Å². The highest BCUT2D eigenvalue weighted by atomic mass is 35.5. The Hall–Kier alpha value is -0.480. The molecule has 16 heavy (non-hydrogen) atoms. The van der Waals surface area contributed by atoms with E-state index >= 15 is 0 Å². The lowest BCUT2D eigenvalue weighted by Crippen LogP contribution is -2.38. The van der Waals surface area contributed by atoms with Gasteiger partial charge in [0.25, 0.3) is 0 Å². The summed E-state index contributed by atoms with van der Waals surface area (Å²) in [6.45, 7) is 5.75. The van der Waals surface area contributed by atoms with Crippen LogP contribution in [0.15, 0.2) is 0 Å². The van der Waals surface area contributed by atoms with Crippen LogP contribution in [-0.4, -0.2) is 27.5 Å². The number of halogens is 2. The summed E-state index contributed by atoms with van der Waals surface area (Å²) in [7, 11) is 0. The van der Waals surface area contributed by atoms with Crippen LogP contribution in [0.2, 0.25) is 0 Å². The Balaban J connectivity index is 4.19. The van der Waals surface area contributed by atoms with E-state index in [4.69, 9.17) is 33.0 Å².